The summed E-state index contributed by atoms with van der Waals surface area (Å²) in [5, 5.41) is 0. The Labute approximate surface area is 115 Å². The number of nitrogens with two attached hydrogens (primary N) is 1. The maximum atomic E-state index is 13.9. The zero-order chi connectivity index (χ0) is 14.3. The molecule has 0 bridgehead atoms. The highest BCUT2D eigenvalue weighted by atomic mass is 19.1. The molecule has 4 nitrogen and oxygen atoms in total. The number of rotatable bonds is 2. The van der Waals surface area contributed by atoms with Gasteiger partial charge in [0.1, 0.15) is 5.82 Å². The van der Waals surface area contributed by atoms with E-state index in [-0.39, 0.29) is 5.75 Å². The summed E-state index contributed by atoms with van der Waals surface area (Å²) >= 11 is 0. The summed E-state index contributed by atoms with van der Waals surface area (Å²) < 4.78 is 20.7. The van der Waals surface area contributed by atoms with Gasteiger partial charge >= 0.3 is 0 Å². The molecule has 3 aromatic rings. The molecule has 0 spiro atoms. The Kier molecular flexibility index (Phi) is 2.82. The number of fused-ring (bicyclic) bond motifs is 1. The maximum Gasteiger partial charge on any atom is 0.167 e. The molecule has 2 N–H and O–H groups in total. The van der Waals surface area contributed by atoms with Crippen LogP contribution in [-0.4, -0.2) is 16.7 Å². The average molecular weight is 271 g/mol. The lowest BCUT2D eigenvalue weighted by molar-refractivity contribution is 0.386. The van der Waals surface area contributed by atoms with Crippen LogP contribution in [0.5, 0.6) is 5.75 Å². The van der Waals surface area contributed by atoms with Gasteiger partial charge in [-0.3, -0.25) is 4.57 Å². The minimum atomic E-state index is -0.401. The first-order valence-corrected chi connectivity index (χ1v) is 6.18. The number of halogens is 1. The van der Waals surface area contributed by atoms with Crippen molar-refractivity contribution in [3.63, 3.8) is 0 Å². The van der Waals surface area contributed by atoms with E-state index in [0.29, 0.717) is 11.4 Å². The van der Waals surface area contributed by atoms with Gasteiger partial charge in [0.15, 0.2) is 11.6 Å². The van der Waals surface area contributed by atoms with Crippen LogP contribution in [0.2, 0.25) is 0 Å². The van der Waals surface area contributed by atoms with Gasteiger partial charge < -0.3 is 10.5 Å². The molecule has 5 heteroatoms. The molecular weight excluding hydrogens is 257 g/mol. The van der Waals surface area contributed by atoms with Crippen molar-refractivity contribution in [3.05, 3.63) is 48.0 Å². The topological polar surface area (TPSA) is 53.1 Å². The number of ether oxygens (including phenoxy) is 1. The summed E-state index contributed by atoms with van der Waals surface area (Å²) in [6.45, 7) is 1.87. The number of methoxy groups -OCH3 is 1. The van der Waals surface area contributed by atoms with Gasteiger partial charge in [0.25, 0.3) is 0 Å². The van der Waals surface area contributed by atoms with Crippen LogP contribution in [-0.2, 0) is 0 Å². The Morgan fingerprint density at radius 2 is 2.00 bits per heavy atom. The zero-order valence-electron chi connectivity index (χ0n) is 11.2. The third-order valence-electron chi connectivity index (χ3n) is 3.24. The van der Waals surface area contributed by atoms with E-state index in [1.165, 1.54) is 13.2 Å². The highest BCUT2D eigenvalue weighted by Gasteiger charge is 2.11. The number of hydrogen-bond donors (Lipinski definition) is 1. The van der Waals surface area contributed by atoms with Crippen molar-refractivity contribution >= 4 is 16.7 Å². The molecule has 0 amide bonds. The summed E-state index contributed by atoms with van der Waals surface area (Å²) in [6.07, 6.45) is 0. The van der Waals surface area contributed by atoms with E-state index in [1.807, 2.05) is 17.6 Å². The minimum absolute atomic E-state index is 0.222. The third-order valence-corrected chi connectivity index (χ3v) is 3.24. The molecule has 0 saturated heterocycles. The molecule has 0 fully saturated rings. The number of nitrogen functional groups attached to an aromatic ring is 1. The third kappa shape index (κ3) is 1.87. The van der Waals surface area contributed by atoms with Gasteiger partial charge in [-0.25, -0.2) is 9.37 Å². The molecule has 1 aromatic heterocycles. The van der Waals surface area contributed by atoms with E-state index in [9.17, 15) is 4.39 Å². The summed E-state index contributed by atoms with van der Waals surface area (Å²) in [6, 6.07) is 10.3. The molecule has 0 aliphatic carbocycles. The van der Waals surface area contributed by atoms with Gasteiger partial charge in [-0.15, -0.1) is 0 Å². The molecule has 0 atom stereocenters. The summed E-state index contributed by atoms with van der Waals surface area (Å²) in [5.74, 6) is 0.594. The normalized spacial score (nSPS) is 10.9. The largest absolute Gasteiger partial charge is 0.494 e. The van der Waals surface area contributed by atoms with E-state index < -0.39 is 5.82 Å². The van der Waals surface area contributed by atoms with Crippen molar-refractivity contribution in [2.75, 3.05) is 12.8 Å². The van der Waals surface area contributed by atoms with Gasteiger partial charge in [-0.1, -0.05) is 0 Å². The van der Waals surface area contributed by atoms with E-state index in [2.05, 4.69) is 4.98 Å². The van der Waals surface area contributed by atoms with Crippen molar-refractivity contribution in [1.82, 2.24) is 9.55 Å². The fraction of sp³-hybridized carbons (Fsp3) is 0.133. The smallest absolute Gasteiger partial charge is 0.167 e. The van der Waals surface area contributed by atoms with E-state index >= 15 is 0 Å². The SMILES string of the molecule is COc1ccc(-n2c(C)nc3cc(N)ccc32)cc1F. The fourth-order valence-corrected chi connectivity index (χ4v) is 2.34. The lowest BCUT2D eigenvalue weighted by Gasteiger charge is -2.09. The van der Waals surface area contributed by atoms with Crippen LogP contribution in [0.15, 0.2) is 36.4 Å². The summed E-state index contributed by atoms with van der Waals surface area (Å²) in [4.78, 5) is 4.45. The molecule has 0 radical (unpaired) electrons. The Balaban J connectivity index is 2.23. The maximum absolute atomic E-state index is 13.9. The zero-order valence-corrected chi connectivity index (χ0v) is 11.2. The summed E-state index contributed by atoms with van der Waals surface area (Å²) in [5.41, 5.74) is 8.80. The first kappa shape index (κ1) is 12.5. The van der Waals surface area contributed by atoms with E-state index in [1.54, 1.807) is 24.3 Å². The quantitative estimate of drug-likeness (QED) is 0.729. The van der Waals surface area contributed by atoms with Gasteiger partial charge in [-0.2, -0.15) is 0 Å². The molecule has 102 valence electrons. The Morgan fingerprint density at radius 1 is 1.20 bits per heavy atom. The highest BCUT2D eigenvalue weighted by molar-refractivity contribution is 5.81. The van der Waals surface area contributed by atoms with Gasteiger partial charge in [0.2, 0.25) is 0 Å². The van der Waals surface area contributed by atoms with Crippen LogP contribution in [0, 0.1) is 12.7 Å². The Hall–Kier alpha value is -2.56. The summed E-state index contributed by atoms with van der Waals surface area (Å²) in [7, 11) is 1.44. The molecule has 0 saturated carbocycles. The first-order chi connectivity index (χ1) is 9.60. The lowest BCUT2D eigenvalue weighted by Crippen LogP contribution is -1.98. The number of benzene rings is 2. The van der Waals surface area contributed by atoms with Crippen molar-refractivity contribution in [2.45, 2.75) is 6.92 Å². The van der Waals surface area contributed by atoms with Crippen molar-refractivity contribution in [2.24, 2.45) is 0 Å². The van der Waals surface area contributed by atoms with Crippen molar-refractivity contribution < 1.29 is 9.13 Å². The molecule has 2 aromatic carbocycles. The van der Waals surface area contributed by atoms with Crippen LogP contribution < -0.4 is 10.5 Å². The minimum Gasteiger partial charge on any atom is -0.494 e. The molecule has 0 unspecified atom stereocenters. The number of aryl methyl sites for hydroxylation is 1. The monoisotopic (exact) mass is 271 g/mol. The van der Waals surface area contributed by atoms with Crippen LogP contribution in [0.1, 0.15) is 5.82 Å². The fourth-order valence-electron chi connectivity index (χ4n) is 2.34. The first-order valence-electron chi connectivity index (χ1n) is 6.18. The number of nitrogens with zero attached hydrogens (tertiary/aromatic N) is 2. The average Bonchev–Trinajstić information content (AvgIpc) is 2.73. The number of anilines is 1. The lowest BCUT2D eigenvalue weighted by atomic mass is 10.2. The molecule has 20 heavy (non-hydrogen) atoms. The predicted molar refractivity (Wildman–Crippen MR) is 76.7 cm³/mol. The molecule has 0 aliphatic heterocycles. The Morgan fingerprint density at radius 3 is 2.70 bits per heavy atom. The number of hydrogen-bond acceptors (Lipinski definition) is 3. The highest BCUT2D eigenvalue weighted by Crippen LogP contribution is 2.26. The molecule has 3 rings (SSSR count). The second-order valence-electron chi connectivity index (χ2n) is 4.56. The van der Waals surface area contributed by atoms with Crippen molar-refractivity contribution in [1.29, 1.82) is 0 Å². The van der Waals surface area contributed by atoms with Gasteiger partial charge in [0, 0.05) is 11.8 Å². The van der Waals surface area contributed by atoms with Gasteiger partial charge in [-0.05, 0) is 37.3 Å². The molecule has 1 heterocycles. The number of aromatic nitrogens is 2. The van der Waals surface area contributed by atoms with Gasteiger partial charge in [0.05, 0.1) is 23.8 Å². The standard InChI is InChI=1S/C15H14FN3O/c1-9-18-13-7-10(17)3-5-14(13)19(9)11-4-6-15(20-2)12(16)8-11/h3-8H,17H2,1-2H3. The van der Waals surface area contributed by atoms with Crippen LogP contribution in [0.3, 0.4) is 0 Å². The van der Waals surface area contributed by atoms with Crippen LogP contribution >= 0.6 is 0 Å². The second-order valence-corrected chi connectivity index (χ2v) is 4.56. The van der Waals surface area contributed by atoms with Crippen molar-refractivity contribution in [3.8, 4) is 11.4 Å². The van der Waals surface area contributed by atoms with E-state index in [4.69, 9.17) is 10.5 Å². The van der Waals surface area contributed by atoms with Crippen LogP contribution in [0.25, 0.3) is 16.7 Å². The van der Waals surface area contributed by atoms with Crippen LogP contribution in [0.4, 0.5) is 10.1 Å². The predicted octanol–water partition coefficient (Wildman–Crippen LogP) is 3.06. The second kappa shape index (κ2) is 4.52. The molecule has 0 aliphatic rings. The number of imidazole rings is 1. The Bertz CT molecular complexity index is 795. The molecular formula is C15H14FN3O. The van der Waals surface area contributed by atoms with E-state index in [0.717, 1.165) is 16.9 Å².